The summed E-state index contributed by atoms with van der Waals surface area (Å²) < 4.78 is 16.1. The van der Waals surface area contributed by atoms with E-state index >= 15 is 0 Å². The predicted molar refractivity (Wildman–Crippen MR) is 112 cm³/mol. The van der Waals surface area contributed by atoms with Gasteiger partial charge in [-0.25, -0.2) is 4.99 Å². The SMILES string of the molecule is COc1cc(OC)cc(OCCN=C(N)Nc2ccc(C)cc2)c1.I. The van der Waals surface area contributed by atoms with Gasteiger partial charge >= 0.3 is 0 Å². The molecule has 2 aromatic rings. The number of halogens is 1. The lowest BCUT2D eigenvalue weighted by Crippen LogP contribution is -2.23. The molecule has 136 valence electrons. The van der Waals surface area contributed by atoms with Crippen LogP contribution in [0.4, 0.5) is 5.69 Å². The molecule has 0 fully saturated rings. The normalized spacial score (nSPS) is 10.6. The molecule has 0 aromatic heterocycles. The highest BCUT2D eigenvalue weighted by Crippen LogP contribution is 2.27. The van der Waals surface area contributed by atoms with Gasteiger partial charge in [0.15, 0.2) is 5.96 Å². The largest absolute Gasteiger partial charge is 0.496 e. The van der Waals surface area contributed by atoms with Crippen molar-refractivity contribution >= 4 is 35.6 Å². The number of aryl methyl sites for hydroxylation is 1. The van der Waals surface area contributed by atoms with Gasteiger partial charge in [0.25, 0.3) is 0 Å². The van der Waals surface area contributed by atoms with E-state index in [-0.39, 0.29) is 24.0 Å². The Kier molecular flexibility index (Phi) is 8.90. The maximum absolute atomic E-state index is 5.86. The number of rotatable bonds is 7. The van der Waals surface area contributed by atoms with Crippen molar-refractivity contribution < 1.29 is 14.2 Å². The third-order valence-corrected chi connectivity index (χ3v) is 3.29. The molecule has 3 N–H and O–H groups in total. The number of benzene rings is 2. The van der Waals surface area contributed by atoms with Crippen molar-refractivity contribution in [2.24, 2.45) is 10.7 Å². The zero-order valence-corrected chi connectivity index (χ0v) is 16.9. The van der Waals surface area contributed by atoms with Crippen molar-refractivity contribution in [3.63, 3.8) is 0 Å². The molecule has 0 aliphatic heterocycles. The minimum absolute atomic E-state index is 0. The van der Waals surface area contributed by atoms with Crippen LogP contribution in [-0.2, 0) is 0 Å². The molecule has 7 heteroatoms. The number of guanidine groups is 1. The van der Waals surface area contributed by atoms with E-state index in [0.717, 1.165) is 5.69 Å². The fraction of sp³-hybridized carbons (Fsp3) is 0.278. The van der Waals surface area contributed by atoms with E-state index in [1.807, 2.05) is 31.2 Å². The van der Waals surface area contributed by atoms with Crippen molar-refractivity contribution in [2.75, 3.05) is 32.7 Å². The smallest absolute Gasteiger partial charge is 0.193 e. The van der Waals surface area contributed by atoms with E-state index < -0.39 is 0 Å². The van der Waals surface area contributed by atoms with Crippen LogP contribution in [0.25, 0.3) is 0 Å². The predicted octanol–water partition coefficient (Wildman–Crippen LogP) is 3.44. The van der Waals surface area contributed by atoms with Gasteiger partial charge in [-0.2, -0.15) is 0 Å². The van der Waals surface area contributed by atoms with Gasteiger partial charge in [0, 0.05) is 23.9 Å². The Morgan fingerprint density at radius 1 is 1.00 bits per heavy atom. The quantitative estimate of drug-likeness (QED) is 0.288. The third kappa shape index (κ3) is 7.08. The summed E-state index contributed by atoms with van der Waals surface area (Å²) >= 11 is 0. The van der Waals surface area contributed by atoms with Gasteiger partial charge in [0.2, 0.25) is 0 Å². The van der Waals surface area contributed by atoms with Crippen LogP contribution >= 0.6 is 24.0 Å². The van der Waals surface area contributed by atoms with E-state index in [1.54, 1.807) is 32.4 Å². The highest BCUT2D eigenvalue weighted by Gasteiger charge is 2.02. The number of nitrogens with zero attached hydrogens (tertiary/aromatic N) is 1. The first-order chi connectivity index (χ1) is 11.6. The Hall–Kier alpha value is -2.16. The number of anilines is 1. The van der Waals surface area contributed by atoms with Crippen LogP contribution in [0.2, 0.25) is 0 Å². The third-order valence-electron chi connectivity index (χ3n) is 3.29. The van der Waals surface area contributed by atoms with Crippen LogP contribution in [0, 0.1) is 6.92 Å². The minimum atomic E-state index is 0. The van der Waals surface area contributed by atoms with Gasteiger partial charge in [-0.15, -0.1) is 24.0 Å². The summed E-state index contributed by atoms with van der Waals surface area (Å²) in [6.07, 6.45) is 0. The monoisotopic (exact) mass is 457 g/mol. The minimum Gasteiger partial charge on any atom is -0.496 e. The zero-order valence-electron chi connectivity index (χ0n) is 14.6. The van der Waals surface area contributed by atoms with E-state index in [2.05, 4.69) is 10.3 Å². The van der Waals surface area contributed by atoms with E-state index in [4.69, 9.17) is 19.9 Å². The molecular formula is C18H24IN3O3. The molecule has 0 saturated carbocycles. The van der Waals surface area contributed by atoms with Crippen LogP contribution in [0.15, 0.2) is 47.5 Å². The summed E-state index contributed by atoms with van der Waals surface area (Å²) in [6, 6.07) is 13.3. The Balaban J connectivity index is 0.00000312. The first-order valence-electron chi connectivity index (χ1n) is 7.60. The number of nitrogens with one attached hydrogen (secondary N) is 1. The average molecular weight is 457 g/mol. The molecular weight excluding hydrogens is 433 g/mol. The molecule has 25 heavy (non-hydrogen) atoms. The number of aliphatic imine (C=N–C) groups is 1. The maximum atomic E-state index is 5.86. The Morgan fingerprint density at radius 2 is 1.56 bits per heavy atom. The first-order valence-corrected chi connectivity index (χ1v) is 7.60. The number of hydrogen-bond acceptors (Lipinski definition) is 4. The molecule has 0 heterocycles. The van der Waals surface area contributed by atoms with Crippen LogP contribution in [-0.4, -0.2) is 33.3 Å². The molecule has 0 aliphatic carbocycles. The molecule has 0 saturated heterocycles. The summed E-state index contributed by atoms with van der Waals surface area (Å²) in [5.74, 6) is 2.36. The maximum Gasteiger partial charge on any atom is 0.193 e. The van der Waals surface area contributed by atoms with Crippen LogP contribution in [0.3, 0.4) is 0 Å². The Bertz CT molecular complexity index is 668. The van der Waals surface area contributed by atoms with Crippen molar-refractivity contribution in [3.8, 4) is 17.2 Å². The van der Waals surface area contributed by atoms with Crippen molar-refractivity contribution in [2.45, 2.75) is 6.92 Å². The standard InChI is InChI=1S/C18H23N3O3.HI/c1-13-4-6-14(7-5-13)21-18(19)20-8-9-24-17-11-15(22-2)10-16(12-17)23-3;/h4-7,10-12H,8-9H2,1-3H3,(H3,19,20,21);1H. The summed E-state index contributed by atoms with van der Waals surface area (Å²) in [6.45, 7) is 2.86. The highest BCUT2D eigenvalue weighted by molar-refractivity contribution is 14.0. The Morgan fingerprint density at radius 3 is 2.12 bits per heavy atom. The van der Waals surface area contributed by atoms with Crippen LogP contribution in [0.5, 0.6) is 17.2 Å². The number of hydrogen-bond donors (Lipinski definition) is 2. The zero-order chi connectivity index (χ0) is 17.4. The fourth-order valence-corrected chi connectivity index (χ4v) is 2.02. The van der Waals surface area contributed by atoms with Crippen LogP contribution in [0.1, 0.15) is 5.56 Å². The molecule has 0 aliphatic rings. The van der Waals surface area contributed by atoms with Gasteiger partial charge < -0.3 is 25.3 Å². The van der Waals surface area contributed by atoms with Gasteiger partial charge in [-0.05, 0) is 19.1 Å². The number of nitrogens with two attached hydrogens (primary N) is 1. The lowest BCUT2D eigenvalue weighted by atomic mass is 10.2. The first kappa shape index (κ1) is 20.9. The lowest BCUT2D eigenvalue weighted by molar-refractivity contribution is 0.321. The van der Waals surface area contributed by atoms with Gasteiger partial charge in [-0.3, -0.25) is 0 Å². The molecule has 0 bridgehead atoms. The van der Waals surface area contributed by atoms with Crippen molar-refractivity contribution in [1.29, 1.82) is 0 Å². The summed E-state index contributed by atoms with van der Waals surface area (Å²) in [7, 11) is 3.20. The second kappa shape index (κ2) is 10.7. The molecule has 0 spiro atoms. The molecule has 0 unspecified atom stereocenters. The van der Waals surface area contributed by atoms with Gasteiger partial charge in [0.05, 0.1) is 20.8 Å². The van der Waals surface area contributed by atoms with Crippen molar-refractivity contribution in [1.82, 2.24) is 0 Å². The summed E-state index contributed by atoms with van der Waals surface area (Å²) in [5, 5.41) is 3.04. The van der Waals surface area contributed by atoms with Gasteiger partial charge in [-0.1, -0.05) is 17.7 Å². The van der Waals surface area contributed by atoms with Crippen LogP contribution < -0.4 is 25.3 Å². The second-order valence-electron chi connectivity index (χ2n) is 5.15. The van der Waals surface area contributed by atoms with Gasteiger partial charge in [0.1, 0.15) is 23.9 Å². The molecule has 0 amide bonds. The second-order valence-corrected chi connectivity index (χ2v) is 5.15. The van der Waals surface area contributed by atoms with Crippen molar-refractivity contribution in [3.05, 3.63) is 48.0 Å². The highest BCUT2D eigenvalue weighted by atomic mass is 127. The summed E-state index contributed by atoms with van der Waals surface area (Å²) in [5.41, 5.74) is 7.95. The van der Waals surface area contributed by atoms with E-state index in [9.17, 15) is 0 Å². The van der Waals surface area contributed by atoms with E-state index in [1.165, 1.54) is 5.56 Å². The van der Waals surface area contributed by atoms with E-state index in [0.29, 0.717) is 36.4 Å². The topological polar surface area (TPSA) is 78.1 Å². The lowest BCUT2D eigenvalue weighted by Gasteiger charge is -2.10. The fourth-order valence-electron chi connectivity index (χ4n) is 2.02. The molecule has 2 rings (SSSR count). The number of ether oxygens (including phenoxy) is 3. The summed E-state index contributed by atoms with van der Waals surface area (Å²) in [4.78, 5) is 4.24. The average Bonchev–Trinajstić information content (AvgIpc) is 2.60. The molecule has 2 aromatic carbocycles. The molecule has 6 nitrogen and oxygen atoms in total. The molecule has 0 radical (unpaired) electrons. The molecule has 0 atom stereocenters. The Labute approximate surface area is 165 Å². The number of methoxy groups -OCH3 is 2.